The summed E-state index contributed by atoms with van der Waals surface area (Å²) in [6.07, 6.45) is 0. The molecule has 6 nitrogen and oxygen atoms in total. The normalized spacial score (nSPS) is 11.8. The second-order valence-electron chi connectivity index (χ2n) is 30.8. The fourth-order valence-electron chi connectivity index (χ4n) is 18.3. The lowest BCUT2D eigenvalue weighted by Crippen LogP contribution is -2.11. The van der Waals surface area contributed by atoms with Crippen LogP contribution >= 0.6 is 22.7 Å². The van der Waals surface area contributed by atoms with Crippen LogP contribution in [0.2, 0.25) is 0 Å². The van der Waals surface area contributed by atoms with Gasteiger partial charge in [-0.2, -0.15) is 0 Å². The molecule has 0 saturated carbocycles. The molecule has 0 radical (unpaired) electrons. The molecule has 8 heteroatoms. The van der Waals surface area contributed by atoms with Gasteiger partial charge < -0.3 is 28.4 Å². The number of para-hydroxylation sites is 4. The molecule has 20 aromatic carbocycles. The number of nitrogens with zero attached hydrogens (tertiary/aromatic N) is 4. The first-order valence-corrected chi connectivity index (χ1v) is 41.8. The lowest BCUT2D eigenvalue weighted by Gasteiger charge is -2.30. The minimum atomic E-state index is 0.882. The highest BCUT2D eigenvalue weighted by Crippen LogP contribution is 2.53. The van der Waals surface area contributed by atoms with Gasteiger partial charge in [-0.05, 0) is 238 Å². The second kappa shape index (κ2) is 28.0. The van der Waals surface area contributed by atoms with Crippen molar-refractivity contribution in [3.63, 3.8) is 0 Å². The zero-order valence-corrected chi connectivity index (χ0v) is 66.2. The third-order valence-electron chi connectivity index (χ3n) is 23.7. The average molecular weight is 1550 g/mol. The van der Waals surface area contributed by atoms with Crippen LogP contribution in [-0.4, -0.2) is 0 Å². The minimum absolute atomic E-state index is 0.882. The number of thiophene rings is 2. The Bertz CT molecular complexity index is 7900. The van der Waals surface area contributed by atoms with E-state index < -0.39 is 0 Å². The molecule has 118 heavy (non-hydrogen) atoms. The van der Waals surface area contributed by atoms with Gasteiger partial charge in [0, 0.05) is 129 Å². The summed E-state index contributed by atoms with van der Waals surface area (Å²) in [6, 6.07) is 146. The van der Waals surface area contributed by atoms with E-state index in [4.69, 9.17) is 8.83 Å². The van der Waals surface area contributed by atoms with Crippen molar-refractivity contribution < 1.29 is 8.83 Å². The van der Waals surface area contributed by atoms with Gasteiger partial charge in [0.25, 0.3) is 0 Å². The molecule has 24 rings (SSSR count). The van der Waals surface area contributed by atoms with E-state index in [-0.39, 0.29) is 0 Å². The van der Waals surface area contributed by atoms with Crippen LogP contribution in [0.1, 0.15) is 11.1 Å². The number of aryl methyl sites for hydroxylation is 2. The first-order valence-electron chi connectivity index (χ1n) is 40.2. The SMILES string of the molecule is Cc1ccc2c(c1)oc1ccc(N(c3ccccc3)c3cc4c5ccccc5c(N(c5ccccc5)c5ccc6oc7ccc(C)cc7c6c5)cc4c4ccccc34)cc12.c1ccc(N(c2ccc3sc4ccccc4c3c2)c2cc3c4ccccc4c(N(c4ccccc4)c4ccc5sc6ccccc6c5c4)cc3c3ccccc23)cc1. The third-order valence-corrected chi connectivity index (χ3v) is 26.0. The summed E-state index contributed by atoms with van der Waals surface area (Å²) in [7, 11) is 0. The summed E-state index contributed by atoms with van der Waals surface area (Å²) in [5.74, 6) is 0. The molecule has 4 heterocycles. The molecule has 0 bridgehead atoms. The Kier molecular flexibility index (Phi) is 16.3. The number of fused-ring (bicyclic) bond motifs is 22. The number of hydrogen-bond acceptors (Lipinski definition) is 8. The van der Waals surface area contributed by atoms with Gasteiger partial charge in [-0.15, -0.1) is 22.7 Å². The molecule has 0 atom stereocenters. The van der Waals surface area contributed by atoms with E-state index in [2.05, 4.69) is 434 Å². The first kappa shape index (κ1) is 68.8. The molecule has 24 aromatic rings. The van der Waals surface area contributed by atoms with Crippen molar-refractivity contribution in [2.75, 3.05) is 19.6 Å². The minimum Gasteiger partial charge on any atom is -0.456 e. The number of furan rings is 2. The van der Waals surface area contributed by atoms with E-state index in [0.717, 1.165) is 123 Å². The Hall–Kier alpha value is -14.8. The summed E-state index contributed by atoms with van der Waals surface area (Å²) in [6.45, 7) is 4.24. The van der Waals surface area contributed by atoms with Crippen molar-refractivity contribution in [2.24, 2.45) is 0 Å². The standard InChI is InChI=1S/C56H38N2O2.C54H34N2S2/c1-35-22-26-53-48(29-35)50-32-40(24-28-55(50)59-53)58(38-15-7-4-8-16-38)52-34-47-41-17-9-11-19-43(41)51(33-46(47)42-18-10-12-20-44(42)52)57(37-13-5-3-6-14-37)39-23-27-54-49(31-39)45-25-21-36(2)30-56(45)60-54;1-3-15-35(16-4-1)55(37-27-29-53-47(31-37)43-23-11-13-25-51(43)57-53)49-33-45-40-20-8-10-22-42(40)50(34-46(45)39-19-7-9-21-41(39)49)56(36-17-5-2-6-18-36)38-28-30-54-48(32-38)44-24-12-14-26-52(44)58-54/h3-34H,1-2H3;1-34H. The van der Waals surface area contributed by atoms with Crippen LogP contribution in [-0.2, 0) is 0 Å². The molecule has 0 fully saturated rings. The maximum absolute atomic E-state index is 6.36. The summed E-state index contributed by atoms with van der Waals surface area (Å²) in [5.41, 5.74) is 19.3. The van der Waals surface area contributed by atoms with Crippen LogP contribution in [0.3, 0.4) is 0 Å². The molecule has 0 unspecified atom stereocenters. The maximum atomic E-state index is 6.36. The molecule has 0 N–H and O–H groups in total. The van der Waals surface area contributed by atoms with Gasteiger partial charge in [0.05, 0.1) is 22.7 Å². The van der Waals surface area contributed by atoms with Crippen LogP contribution in [0.15, 0.2) is 409 Å². The average Bonchev–Trinajstić information content (AvgIpc) is 0.730. The highest BCUT2D eigenvalue weighted by molar-refractivity contribution is 7.26. The Morgan fingerprint density at radius 1 is 0.161 bits per heavy atom. The van der Waals surface area contributed by atoms with Crippen LogP contribution in [0, 0.1) is 13.8 Å². The van der Waals surface area contributed by atoms with Crippen molar-refractivity contribution in [2.45, 2.75) is 13.8 Å². The molecule has 4 aromatic heterocycles. The molecule has 556 valence electrons. The van der Waals surface area contributed by atoms with Crippen LogP contribution < -0.4 is 19.6 Å². The van der Waals surface area contributed by atoms with Crippen LogP contribution in [0.4, 0.5) is 68.2 Å². The maximum Gasteiger partial charge on any atom is 0.135 e. The largest absolute Gasteiger partial charge is 0.456 e. The molecule has 0 amide bonds. The summed E-state index contributed by atoms with van der Waals surface area (Å²) in [4.78, 5) is 9.71. The van der Waals surface area contributed by atoms with Gasteiger partial charge in [0.2, 0.25) is 0 Å². The number of hydrogen-bond donors (Lipinski definition) is 0. The molecular formula is C110H72N4O2S2. The third kappa shape index (κ3) is 11.5. The smallest absolute Gasteiger partial charge is 0.135 e. The highest BCUT2D eigenvalue weighted by atomic mass is 32.1. The fraction of sp³-hybridized carbons (Fsp3) is 0.0182. The van der Waals surface area contributed by atoms with Crippen molar-refractivity contribution in [3.05, 3.63) is 412 Å². The van der Waals surface area contributed by atoms with Gasteiger partial charge in [-0.1, -0.05) is 230 Å². The lowest BCUT2D eigenvalue weighted by atomic mass is 9.93. The van der Waals surface area contributed by atoms with Crippen molar-refractivity contribution in [3.8, 4) is 0 Å². The molecule has 0 aliphatic heterocycles. The predicted molar refractivity (Wildman–Crippen MR) is 506 cm³/mol. The predicted octanol–water partition coefficient (Wildman–Crippen LogP) is 33.3. The van der Waals surface area contributed by atoms with Gasteiger partial charge in [-0.25, -0.2) is 0 Å². The van der Waals surface area contributed by atoms with Crippen molar-refractivity contribution in [1.29, 1.82) is 0 Å². The summed E-state index contributed by atoms with van der Waals surface area (Å²) in [5, 5.41) is 24.0. The van der Waals surface area contributed by atoms with E-state index in [0.29, 0.717) is 0 Å². The van der Waals surface area contributed by atoms with Crippen LogP contribution in [0.5, 0.6) is 0 Å². The quantitative estimate of drug-likeness (QED) is 0.114. The Labute approximate surface area is 688 Å². The van der Waals surface area contributed by atoms with Gasteiger partial charge in [0.15, 0.2) is 0 Å². The summed E-state index contributed by atoms with van der Waals surface area (Å²) < 4.78 is 17.9. The van der Waals surface area contributed by atoms with Crippen molar-refractivity contribution in [1.82, 2.24) is 0 Å². The number of benzene rings is 20. The van der Waals surface area contributed by atoms with E-state index in [1.165, 1.54) is 105 Å². The highest BCUT2D eigenvalue weighted by Gasteiger charge is 2.27. The number of anilines is 12. The molecule has 0 saturated heterocycles. The first-order chi connectivity index (χ1) is 58.3. The van der Waals surface area contributed by atoms with E-state index >= 15 is 0 Å². The fourth-order valence-corrected chi connectivity index (χ4v) is 20.5. The Balaban J connectivity index is 0.000000138. The zero-order valence-electron chi connectivity index (χ0n) is 64.5. The van der Waals surface area contributed by atoms with E-state index in [9.17, 15) is 0 Å². The van der Waals surface area contributed by atoms with E-state index in [1.807, 2.05) is 22.7 Å². The van der Waals surface area contributed by atoms with Gasteiger partial charge in [0.1, 0.15) is 22.3 Å². The van der Waals surface area contributed by atoms with Crippen LogP contribution in [0.25, 0.3) is 149 Å². The second-order valence-corrected chi connectivity index (χ2v) is 32.9. The topological polar surface area (TPSA) is 39.2 Å². The Morgan fingerprint density at radius 2 is 0.424 bits per heavy atom. The molecule has 0 spiro atoms. The van der Waals surface area contributed by atoms with Gasteiger partial charge in [-0.3, -0.25) is 0 Å². The Morgan fingerprint density at radius 3 is 0.797 bits per heavy atom. The van der Waals surface area contributed by atoms with Gasteiger partial charge >= 0.3 is 0 Å². The number of rotatable bonds is 12. The molecule has 0 aliphatic rings. The molecular weight excluding hydrogens is 1470 g/mol. The summed E-state index contributed by atoms with van der Waals surface area (Å²) >= 11 is 3.72. The van der Waals surface area contributed by atoms with Crippen molar-refractivity contribution >= 4 is 240 Å². The monoisotopic (exact) mass is 1540 g/mol. The zero-order chi connectivity index (χ0) is 78.1. The molecule has 0 aliphatic carbocycles. The lowest BCUT2D eigenvalue weighted by molar-refractivity contribution is 0.668. The van der Waals surface area contributed by atoms with E-state index in [1.54, 1.807) is 0 Å².